The Bertz CT molecular complexity index is 556. The second kappa shape index (κ2) is 10.0. The number of nitriles is 1. The van der Waals surface area contributed by atoms with Crippen molar-refractivity contribution >= 4 is 12.0 Å². The first kappa shape index (κ1) is 20.1. The third-order valence-corrected chi connectivity index (χ3v) is 5.28. The minimum Gasteiger partial charge on any atom is -0.450 e. The molecule has 2 amide bonds. The van der Waals surface area contributed by atoms with Crippen molar-refractivity contribution in [2.45, 2.75) is 64.0 Å². The van der Waals surface area contributed by atoms with Crippen LogP contribution in [0.25, 0.3) is 0 Å². The van der Waals surface area contributed by atoms with Crippen molar-refractivity contribution in [2.24, 2.45) is 0 Å². The number of nitrogens with zero attached hydrogens (tertiary/aromatic N) is 3. The van der Waals surface area contributed by atoms with Gasteiger partial charge in [-0.25, -0.2) is 4.79 Å². The molecule has 2 fully saturated rings. The van der Waals surface area contributed by atoms with Crippen LogP contribution < -0.4 is 5.32 Å². The Balaban J connectivity index is 1.84. The van der Waals surface area contributed by atoms with Crippen LogP contribution in [0.4, 0.5) is 4.79 Å². The van der Waals surface area contributed by atoms with E-state index in [0.29, 0.717) is 19.7 Å². The standard InChI is InChI=1S/C19H30N4O3/c1-3-26-19(25)23-11-9-16(10-12-23)21-14-15(13-20)18(24)22(2)17-7-5-4-6-8-17/h14,16-17,21H,3-12H2,1-2H3/b15-14-. The van der Waals surface area contributed by atoms with Gasteiger partial charge in [0.2, 0.25) is 0 Å². The number of likely N-dealkylation sites (tertiary alicyclic amines) is 1. The second-order valence-corrected chi connectivity index (χ2v) is 7.00. The molecular formula is C19H30N4O3. The predicted molar refractivity (Wildman–Crippen MR) is 98.1 cm³/mol. The molecule has 1 N–H and O–H groups in total. The normalized spacial score (nSPS) is 19.6. The highest BCUT2D eigenvalue weighted by Gasteiger charge is 2.26. The van der Waals surface area contributed by atoms with Crippen LogP contribution in [-0.4, -0.2) is 60.6 Å². The number of hydrogen-bond donors (Lipinski definition) is 1. The van der Waals surface area contributed by atoms with E-state index in [4.69, 9.17) is 4.74 Å². The van der Waals surface area contributed by atoms with Crippen LogP contribution in [0.5, 0.6) is 0 Å². The third-order valence-electron chi connectivity index (χ3n) is 5.28. The van der Waals surface area contributed by atoms with Crippen LogP contribution in [-0.2, 0) is 9.53 Å². The van der Waals surface area contributed by atoms with E-state index in [1.807, 2.05) is 6.07 Å². The lowest BCUT2D eigenvalue weighted by atomic mass is 9.94. The third kappa shape index (κ3) is 5.38. The average molecular weight is 362 g/mol. The van der Waals surface area contributed by atoms with Crippen molar-refractivity contribution in [1.29, 1.82) is 5.26 Å². The maximum absolute atomic E-state index is 12.6. The minimum absolute atomic E-state index is 0.144. The lowest BCUT2D eigenvalue weighted by Gasteiger charge is -2.32. The molecule has 7 heteroatoms. The first-order chi connectivity index (χ1) is 12.6. The fourth-order valence-corrected chi connectivity index (χ4v) is 3.61. The molecule has 0 aromatic rings. The molecule has 26 heavy (non-hydrogen) atoms. The Hall–Kier alpha value is -2.23. The molecule has 1 heterocycles. The van der Waals surface area contributed by atoms with E-state index in [-0.39, 0.29) is 29.7 Å². The summed E-state index contributed by atoms with van der Waals surface area (Å²) in [5, 5.41) is 12.6. The molecule has 2 rings (SSSR count). The van der Waals surface area contributed by atoms with Crippen LogP contribution in [0.1, 0.15) is 51.9 Å². The van der Waals surface area contributed by atoms with Crippen molar-refractivity contribution in [1.82, 2.24) is 15.1 Å². The highest BCUT2D eigenvalue weighted by Crippen LogP contribution is 2.22. The maximum Gasteiger partial charge on any atom is 0.409 e. The minimum atomic E-state index is -0.275. The zero-order valence-electron chi connectivity index (χ0n) is 15.9. The molecule has 0 aromatic carbocycles. The van der Waals surface area contributed by atoms with E-state index in [2.05, 4.69) is 5.32 Å². The number of carbonyl (C=O) groups excluding carboxylic acids is 2. The first-order valence-corrected chi connectivity index (χ1v) is 9.62. The summed E-state index contributed by atoms with van der Waals surface area (Å²) in [5.74, 6) is -0.212. The molecule has 1 saturated heterocycles. The number of likely N-dealkylation sites (N-methyl/N-ethyl adjacent to an activating group) is 1. The molecule has 0 spiro atoms. The summed E-state index contributed by atoms with van der Waals surface area (Å²) in [4.78, 5) is 27.7. The molecule has 0 radical (unpaired) electrons. The number of piperidine rings is 1. The molecule has 0 bridgehead atoms. The molecule has 1 aliphatic heterocycles. The van der Waals surface area contributed by atoms with Gasteiger partial charge in [0.25, 0.3) is 5.91 Å². The summed E-state index contributed by atoms with van der Waals surface area (Å²) in [6, 6.07) is 2.41. The fourth-order valence-electron chi connectivity index (χ4n) is 3.61. The summed E-state index contributed by atoms with van der Waals surface area (Å²) in [5.41, 5.74) is 0.144. The monoisotopic (exact) mass is 362 g/mol. The van der Waals surface area contributed by atoms with Gasteiger partial charge in [-0.2, -0.15) is 5.26 Å². The predicted octanol–water partition coefficient (Wildman–Crippen LogP) is 2.40. The van der Waals surface area contributed by atoms with Crippen molar-refractivity contribution < 1.29 is 14.3 Å². The molecule has 0 unspecified atom stereocenters. The second-order valence-electron chi connectivity index (χ2n) is 7.00. The molecule has 1 saturated carbocycles. The van der Waals surface area contributed by atoms with E-state index in [1.165, 1.54) is 6.42 Å². The molecule has 0 atom stereocenters. The number of amides is 2. The van der Waals surface area contributed by atoms with E-state index < -0.39 is 0 Å². The van der Waals surface area contributed by atoms with E-state index >= 15 is 0 Å². The molecule has 144 valence electrons. The Morgan fingerprint density at radius 3 is 2.46 bits per heavy atom. The van der Waals surface area contributed by atoms with E-state index in [0.717, 1.165) is 38.5 Å². The van der Waals surface area contributed by atoms with Gasteiger partial charge >= 0.3 is 6.09 Å². The summed E-state index contributed by atoms with van der Waals surface area (Å²) in [7, 11) is 1.79. The number of nitrogens with one attached hydrogen (secondary N) is 1. The lowest BCUT2D eigenvalue weighted by Crippen LogP contribution is -2.44. The molecule has 2 aliphatic rings. The Kier molecular flexibility index (Phi) is 7.76. The van der Waals surface area contributed by atoms with Crippen molar-refractivity contribution in [2.75, 3.05) is 26.7 Å². The Morgan fingerprint density at radius 2 is 1.88 bits per heavy atom. The highest BCUT2D eigenvalue weighted by atomic mass is 16.6. The average Bonchev–Trinajstić information content (AvgIpc) is 2.69. The van der Waals surface area contributed by atoms with Gasteiger partial charge in [-0.05, 0) is 32.6 Å². The van der Waals surface area contributed by atoms with E-state index in [9.17, 15) is 14.9 Å². The molecular weight excluding hydrogens is 332 g/mol. The first-order valence-electron chi connectivity index (χ1n) is 9.62. The van der Waals surface area contributed by atoms with Gasteiger partial charge in [-0.3, -0.25) is 4.79 Å². The number of ether oxygens (including phenoxy) is 1. The zero-order valence-corrected chi connectivity index (χ0v) is 15.9. The van der Waals surface area contributed by atoms with Crippen molar-refractivity contribution in [3.63, 3.8) is 0 Å². The van der Waals surface area contributed by atoms with Crippen LogP contribution in [0.2, 0.25) is 0 Å². The number of carbonyl (C=O) groups is 2. The maximum atomic E-state index is 12.6. The van der Waals surface area contributed by atoms with Gasteiger partial charge in [0.05, 0.1) is 6.61 Å². The van der Waals surface area contributed by atoms with Gasteiger partial charge in [-0.1, -0.05) is 19.3 Å². The molecule has 7 nitrogen and oxygen atoms in total. The van der Waals surface area contributed by atoms with Crippen LogP contribution in [0.3, 0.4) is 0 Å². The Labute approximate surface area is 156 Å². The zero-order chi connectivity index (χ0) is 18.9. The SMILES string of the molecule is CCOC(=O)N1CCC(N/C=C(/C#N)C(=O)N(C)C2CCCCC2)CC1. The number of hydrogen-bond acceptors (Lipinski definition) is 5. The summed E-state index contributed by atoms with van der Waals surface area (Å²) in [6.07, 6.45) is 8.35. The highest BCUT2D eigenvalue weighted by molar-refractivity contribution is 5.97. The molecule has 0 aromatic heterocycles. The Morgan fingerprint density at radius 1 is 1.23 bits per heavy atom. The van der Waals surface area contributed by atoms with Gasteiger partial charge in [-0.15, -0.1) is 0 Å². The topological polar surface area (TPSA) is 85.7 Å². The van der Waals surface area contributed by atoms with Crippen LogP contribution >= 0.6 is 0 Å². The van der Waals surface area contributed by atoms with Gasteiger partial charge in [0.1, 0.15) is 11.6 Å². The quantitative estimate of drug-likeness (QED) is 0.599. The van der Waals surface area contributed by atoms with Gasteiger partial charge in [0.15, 0.2) is 0 Å². The van der Waals surface area contributed by atoms with Crippen molar-refractivity contribution in [3.8, 4) is 6.07 Å². The summed E-state index contributed by atoms with van der Waals surface area (Å²) >= 11 is 0. The van der Waals surface area contributed by atoms with E-state index in [1.54, 1.807) is 30.0 Å². The van der Waals surface area contributed by atoms with Crippen LogP contribution in [0, 0.1) is 11.3 Å². The van der Waals surface area contributed by atoms with Gasteiger partial charge in [0, 0.05) is 38.4 Å². The van der Waals surface area contributed by atoms with Gasteiger partial charge < -0.3 is 19.9 Å². The van der Waals surface area contributed by atoms with Crippen LogP contribution in [0.15, 0.2) is 11.8 Å². The summed E-state index contributed by atoms with van der Waals surface area (Å²) < 4.78 is 5.01. The number of rotatable bonds is 5. The largest absolute Gasteiger partial charge is 0.450 e. The smallest absolute Gasteiger partial charge is 0.409 e. The fraction of sp³-hybridized carbons (Fsp3) is 0.737. The van der Waals surface area contributed by atoms with Crippen molar-refractivity contribution in [3.05, 3.63) is 11.8 Å². The molecule has 1 aliphatic carbocycles. The summed E-state index contributed by atoms with van der Waals surface area (Å²) in [6.45, 7) is 3.40. The lowest BCUT2D eigenvalue weighted by molar-refractivity contribution is -0.128.